The summed E-state index contributed by atoms with van der Waals surface area (Å²) in [5, 5.41) is 0. The number of carbonyl (C=O) groups is 1. The van der Waals surface area contributed by atoms with E-state index >= 15 is 0 Å². The van der Waals surface area contributed by atoms with Crippen LogP contribution in [-0.4, -0.2) is 41.3 Å². The first-order valence-corrected chi connectivity index (χ1v) is 6.56. The van der Waals surface area contributed by atoms with Crippen molar-refractivity contribution in [3.05, 3.63) is 0 Å². The predicted molar refractivity (Wildman–Crippen MR) is 62.8 cm³/mol. The van der Waals surface area contributed by atoms with Gasteiger partial charge in [-0.15, -0.1) is 0 Å². The predicted octanol–water partition coefficient (Wildman–Crippen LogP) is 2.04. The van der Waals surface area contributed by atoms with Crippen LogP contribution in [0.2, 0.25) is 0 Å². The van der Waals surface area contributed by atoms with Crippen molar-refractivity contribution in [3.63, 3.8) is 0 Å². The molecule has 0 aromatic carbocycles. The molecule has 0 saturated carbocycles. The van der Waals surface area contributed by atoms with Crippen molar-refractivity contribution in [2.45, 2.75) is 33.2 Å². The Balaban J connectivity index is 2.43. The first-order valence-electron chi connectivity index (χ1n) is 5.41. The van der Waals surface area contributed by atoms with Crippen molar-refractivity contribution in [2.75, 3.05) is 24.6 Å². The Bertz CT molecular complexity index is 196. The lowest BCUT2D eigenvalue weighted by molar-refractivity contribution is -0.118. The van der Waals surface area contributed by atoms with Crippen LogP contribution in [0.25, 0.3) is 0 Å². The molecule has 0 bridgehead atoms. The molecule has 1 aliphatic rings. The maximum atomic E-state index is 11.0. The highest BCUT2D eigenvalue weighted by Gasteiger charge is 2.20. The molecular weight excluding hydrogens is 194 g/mol. The van der Waals surface area contributed by atoms with Gasteiger partial charge in [0, 0.05) is 31.3 Å². The lowest BCUT2D eigenvalue weighted by atomic mass is 10.1. The van der Waals surface area contributed by atoms with Gasteiger partial charge in [0.25, 0.3) is 0 Å². The summed E-state index contributed by atoms with van der Waals surface area (Å²) in [5.74, 6) is 3.55. The first-order chi connectivity index (χ1) is 6.59. The molecule has 0 radical (unpaired) electrons. The number of Topliss-reactive ketones (excluding diaryl/α,β-unsaturated/α-hetero) is 1. The highest BCUT2D eigenvalue weighted by Crippen LogP contribution is 2.18. The number of hydrogen-bond acceptors (Lipinski definition) is 3. The smallest absolute Gasteiger partial charge is 0.131 e. The van der Waals surface area contributed by atoms with Crippen LogP contribution in [0.5, 0.6) is 0 Å². The van der Waals surface area contributed by atoms with E-state index in [1.807, 2.05) is 11.8 Å². The number of carbonyl (C=O) groups excluding carboxylic acids is 1. The third-order valence-electron chi connectivity index (χ3n) is 2.68. The van der Waals surface area contributed by atoms with Gasteiger partial charge in [-0.2, -0.15) is 11.8 Å². The summed E-state index contributed by atoms with van der Waals surface area (Å²) in [6.45, 7) is 8.45. The van der Waals surface area contributed by atoms with Crippen molar-refractivity contribution in [1.82, 2.24) is 4.90 Å². The fourth-order valence-corrected chi connectivity index (χ4v) is 2.99. The summed E-state index contributed by atoms with van der Waals surface area (Å²) in [6, 6.07) is 0.425. The molecule has 1 fully saturated rings. The molecule has 2 unspecified atom stereocenters. The molecule has 1 saturated heterocycles. The molecule has 0 aromatic heterocycles. The van der Waals surface area contributed by atoms with E-state index in [1.54, 1.807) is 6.92 Å². The van der Waals surface area contributed by atoms with Crippen LogP contribution < -0.4 is 0 Å². The van der Waals surface area contributed by atoms with Crippen molar-refractivity contribution < 1.29 is 4.79 Å². The molecule has 1 rings (SSSR count). The lowest BCUT2D eigenvalue weighted by Gasteiger charge is -2.28. The summed E-state index contributed by atoms with van der Waals surface area (Å²) < 4.78 is 0. The van der Waals surface area contributed by atoms with Crippen LogP contribution >= 0.6 is 11.8 Å². The van der Waals surface area contributed by atoms with Gasteiger partial charge in [-0.05, 0) is 25.5 Å². The normalized spacial score (nSPS) is 26.9. The first kappa shape index (κ1) is 12.1. The van der Waals surface area contributed by atoms with Gasteiger partial charge >= 0.3 is 0 Å². The van der Waals surface area contributed by atoms with E-state index in [4.69, 9.17) is 0 Å². The van der Waals surface area contributed by atoms with E-state index in [2.05, 4.69) is 18.7 Å². The van der Waals surface area contributed by atoms with Crippen molar-refractivity contribution >= 4 is 17.5 Å². The minimum absolute atomic E-state index is 0.307. The third-order valence-corrected chi connectivity index (χ3v) is 3.95. The maximum Gasteiger partial charge on any atom is 0.131 e. The van der Waals surface area contributed by atoms with Gasteiger partial charge in [0.05, 0.1) is 0 Å². The van der Waals surface area contributed by atoms with Crippen molar-refractivity contribution in [1.29, 1.82) is 0 Å². The lowest BCUT2D eigenvalue weighted by Crippen LogP contribution is -2.38. The van der Waals surface area contributed by atoms with E-state index in [0.29, 0.717) is 18.2 Å². The summed E-state index contributed by atoms with van der Waals surface area (Å²) >= 11 is 2.04. The average Bonchev–Trinajstić information content (AvgIpc) is 2.28. The molecule has 0 aliphatic carbocycles. The monoisotopic (exact) mass is 215 g/mol. The molecule has 3 heteroatoms. The molecular formula is C11H21NOS. The molecule has 1 heterocycles. The van der Waals surface area contributed by atoms with Gasteiger partial charge in [0.15, 0.2) is 0 Å². The van der Waals surface area contributed by atoms with E-state index in [-0.39, 0.29) is 0 Å². The standard InChI is InChI=1S/C11H21NOS/c1-9-7-12(4-5-14-8-9)10(2)6-11(3)13/h9-10H,4-8H2,1-3H3. The Morgan fingerprint density at radius 3 is 3.00 bits per heavy atom. The summed E-state index contributed by atoms with van der Waals surface area (Å²) in [5.41, 5.74) is 0. The van der Waals surface area contributed by atoms with Crippen molar-refractivity contribution in [2.24, 2.45) is 5.92 Å². The number of thioether (sulfide) groups is 1. The zero-order chi connectivity index (χ0) is 10.6. The average molecular weight is 215 g/mol. The molecule has 2 nitrogen and oxygen atoms in total. The number of rotatable bonds is 3. The van der Waals surface area contributed by atoms with Gasteiger partial charge in [0.2, 0.25) is 0 Å². The molecule has 0 amide bonds. The Labute approximate surface area is 91.4 Å². The number of hydrogen-bond donors (Lipinski definition) is 0. The van der Waals surface area contributed by atoms with Gasteiger partial charge in [0.1, 0.15) is 5.78 Å². The Kier molecular flexibility index (Phi) is 4.96. The zero-order valence-corrected chi connectivity index (χ0v) is 10.3. The van der Waals surface area contributed by atoms with Gasteiger partial charge in [-0.3, -0.25) is 9.69 Å². The van der Waals surface area contributed by atoms with E-state index in [9.17, 15) is 4.79 Å². The highest BCUT2D eigenvalue weighted by molar-refractivity contribution is 7.99. The second-order valence-corrected chi connectivity index (χ2v) is 5.58. The van der Waals surface area contributed by atoms with E-state index in [0.717, 1.165) is 19.0 Å². The van der Waals surface area contributed by atoms with E-state index < -0.39 is 0 Å². The van der Waals surface area contributed by atoms with E-state index in [1.165, 1.54) is 11.5 Å². The molecule has 82 valence electrons. The quantitative estimate of drug-likeness (QED) is 0.718. The largest absolute Gasteiger partial charge is 0.300 e. The fraction of sp³-hybridized carbons (Fsp3) is 0.909. The van der Waals surface area contributed by atoms with Crippen molar-refractivity contribution in [3.8, 4) is 0 Å². The zero-order valence-electron chi connectivity index (χ0n) is 9.45. The van der Waals surface area contributed by atoms with Gasteiger partial charge in [-0.25, -0.2) is 0 Å². The van der Waals surface area contributed by atoms with Crippen LogP contribution in [0.15, 0.2) is 0 Å². The van der Waals surface area contributed by atoms with Crippen LogP contribution in [0.4, 0.5) is 0 Å². The summed E-state index contributed by atoms with van der Waals surface area (Å²) in [6.07, 6.45) is 0.706. The summed E-state index contributed by atoms with van der Waals surface area (Å²) in [7, 11) is 0. The molecule has 0 N–H and O–H groups in total. The fourth-order valence-electron chi connectivity index (χ4n) is 1.96. The second kappa shape index (κ2) is 5.76. The Hall–Kier alpha value is -0.0200. The minimum Gasteiger partial charge on any atom is -0.300 e. The van der Waals surface area contributed by atoms with Crippen LogP contribution in [0.1, 0.15) is 27.2 Å². The van der Waals surface area contributed by atoms with Crippen LogP contribution in [0, 0.1) is 5.92 Å². The van der Waals surface area contributed by atoms with Gasteiger partial charge < -0.3 is 0 Å². The minimum atomic E-state index is 0.307. The molecule has 1 aliphatic heterocycles. The highest BCUT2D eigenvalue weighted by atomic mass is 32.2. The SMILES string of the molecule is CC(=O)CC(C)N1CCSCC(C)C1. The van der Waals surface area contributed by atoms with Crippen LogP contribution in [0.3, 0.4) is 0 Å². The Morgan fingerprint density at radius 1 is 1.64 bits per heavy atom. The number of nitrogens with zero attached hydrogens (tertiary/aromatic N) is 1. The van der Waals surface area contributed by atoms with Gasteiger partial charge in [-0.1, -0.05) is 6.92 Å². The van der Waals surface area contributed by atoms with Crippen LogP contribution in [-0.2, 0) is 4.79 Å². The number of ketones is 1. The topological polar surface area (TPSA) is 20.3 Å². The summed E-state index contributed by atoms with van der Waals surface area (Å²) in [4.78, 5) is 13.5. The molecule has 0 aromatic rings. The molecule has 2 atom stereocenters. The third kappa shape index (κ3) is 4.01. The maximum absolute atomic E-state index is 11.0. The molecule has 0 spiro atoms. The Morgan fingerprint density at radius 2 is 2.36 bits per heavy atom. The molecule has 14 heavy (non-hydrogen) atoms. The second-order valence-electron chi connectivity index (χ2n) is 4.43.